The van der Waals surface area contributed by atoms with Crippen molar-refractivity contribution in [2.45, 2.75) is 39.8 Å². The molecule has 0 aliphatic carbocycles. The van der Waals surface area contributed by atoms with Gasteiger partial charge in [-0.15, -0.1) is 0 Å². The highest BCUT2D eigenvalue weighted by atomic mass is 16.2. The molecule has 0 heterocycles. The molecule has 0 radical (unpaired) electrons. The SMILES string of the molecule is CC(C)C(C)N(C)C(=O)[C@@H](C)N. The number of hydrogen-bond acceptors (Lipinski definition) is 2. The second-order valence-corrected chi connectivity index (χ2v) is 3.72. The van der Waals surface area contributed by atoms with Crippen molar-refractivity contribution in [1.82, 2.24) is 4.90 Å². The Morgan fingerprint density at radius 2 is 1.67 bits per heavy atom. The van der Waals surface area contributed by atoms with Crippen LogP contribution >= 0.6 is 0 Å². The Balaban J connectivity index is 4.19. The molecule has 2 N–H and O–H groups in total. The average Bonchev–Trinajstić information content (AvgIpc) is 2.00. The Morgan fingerprint density at radius 1 is 1.25 bits per heavy atom. The van der Waals surface area contributed by atoms with E-state index in [1.165, 1.54) is 0 Å². The van der Waals surface area contributed by atoms with E-state index in [2.05, 4.69) is 13.8 Å². The first kappa shape index (κ1) is 11.4. The molecule has 0 fully saturated rings. The minimum atomic E-state index is -0.392. The van der Waals surface area contributed by atoms with Crippen LogP contribution in [0.1, 0.15) is 27.7 Å². The first-order valence-electron chi connectivity index (χ1n) is 4.40. The van der Waals surface area contributed by atoms with Crippen LogP contribution in [0.5, 0.6) is 0 Å². The van der Waals surface area contributed by atoms with Crippen molar-refractivity contribution < 1.29 is 4.79 Å². The van der Waals surface area contributed by atoms with Gasteiger partial charge in [-0.25, -0.2) is 0 Å². The van der Waals surface area contributed by atoms with Crippen LogP contribution in [0.15, 0.2) is 0 Å². The summed E-state index contributed by atoms with van der Waals surface area (Å²) in [6.45, 7) is 7.93. The third-order valence-corrected chi connectivity index (χ3v) is 2.31. The molecular weight excluding hydrogens is 152 g/mol. The lowest BCUT2D eigenvalue weighted by Crippen LogP contribution is -2.45. The van der Waals surface area contributed by atoms with Gasteiger partial charge in [-0.05, 0) is 19.8 Å². The predicted molar refractivity (Wildman–Crippen MR) is 50.7 cm³/mol. The Hall–Kier alpha value is -0.570. The summed E-state index contributed by atoms with van der Waals surface area (Å²) in [5.74, 6) is 0.480. The highest BCUT2D eigenvalue weighted by Gasteiger charge is 2.20. The molecule has 1 unspecified atom stereocenters. The number of hydrogen-bond donors (Lipinski definition) is 1. The van der Waals surface area contributed by atoms with Crippen molar-refractivity contribution in [3.8, 4) is 0 Å². The average molecular weight is 172 g/mol. The molecule has 0 aliphatic heterocycles. The van der Waals surface area contributed by atoms with E-state index in [1.807, 2.05) is 6.92 Å². The summed E-state index contributed by atoms with van der Waals surface area (Å²) < 4.78 is 0. The van der Waals surface area contributed by atoms with E-state index in [0.717, 1.165) is 0 Å². The van der Waals surface area contributed by atoms with Crippen molar-refractivity contribution >= 4 is 5.91 Å². The minimum absolute atomic E-state index is 0.0104. The van der Waals surface area contributed by atoms with Crippen molar-refractivity contribution in [3.63, 3.8) is 0 Å². The van der Waals surface area contributed by atoms with Crippen LogP contribution in [-0.2, 0) is 4.79 Å². The number of likely N-dealkylation sites (N-methyl/N-ethyl adjacent to an activating group) is 1. The topological polar surface area (TPSA) is 46.3 Å². The Bertz CT molecular complexity index is 155. The zero-order valence-electron chi connectivity index (χ0n) is 8.66. The molecule has 0 saturated heterocycles. The van der Waals surface area contributed by atoms with Gasteiger partial charge < -0.3 is 10.6 Å². The zero-order valence-corrected chi connectivity index (χ0v) is 8.66. The first-order chi connectivity index (χ1) is 5.37. The van der Waals surface area contributed by atoms with Crippen LogP contribution in [0.25, 0.3) is 0 Å². The molecule has 12 heavy (non-hydrogen) atoms. The van der Waals surface area contributed by atoms with Gasteiger partial charge in [0.05, 0.1) is 6.04 Å². The summed E-state index contributed by atoms with van der Waals surface area (Å²) in [6, 6.07) is -0.139. The van der Waals surface area contributed by atoms with Gasteiger partial charge in [0, 0.05) is 13.1 Å². The maximum atomic E-state index is 11.4. The Morgan fingerprint density at radius 3 is 1.92 bits per heavy atom. The molecule has 0 aromatic carbocycles. The Kier molecular flexibility index (Phi) is 4.24. The lowest BCUT2D eigenvalue weighted by molar-refractivity contribution is -0.133. The summed E-state index contributed by atoms with van der Waals surface area (Å²) in [6.07, 6.45) is 0. The van der Waals surface area contributed by atoms with Crippen molar-refractivity contribution in [1.29, 1.82) is 0 Å². The predicted octanol–water partition coefficient (Wildman–Crippen LogP) is 0.837. The highest BCUT2D eigenvalue weighted by Crippen LogP contribution is 2.08. The zero-order chi connectivity index (χ0) is 9.89. The fourth-order valence-electron chi connectivity index (χ4n) is 0.969. The standard InChI is InChI=1S/C9H20N2O/c1-6(2)8(4)11(5)9(12)7(3)10/h6-8H,10H2,1-5H3/t7-,8?/m1/s1. The summed E-state index contributed by atoms with van der Waals surface area (Å²) in [7, 11) is 1.80. The van der Waals surface area contributed by atoms with Gasteiger partial charge in [0.2, 0.25) is 5.91 Å². The molecule has 1 amide bonds. The molecule has 0 bridgehead atoms. The molecule has 0 rings (SSSR count). The van der Waals surface area contributed by atoms with Crippen LogP contribution in [0.4, 0.5) is 0 Å². The number of amides is 1. The van der Waals surface area contributed by atoms with Crippen LogP contribution in [0.3, 0.4) is 0 Å². The van der Waals surface area contributed by atoms with Crippen LogP contribution in [0.2, 0.25) is 0 Å². The van der Waals surface area contributed by atoms with Crippen molar-refractivity contribution in [2.75, 3.05) is 7.05 Å². The number of nitrogens with two attached hydrogens (primary N) is 1. The molecule has 0 aromatic heterocycles. The smallest absolute Gasteiger partial charge is 0.239 e. The first-order valence-corrected chi connectivity index (χ1v) is 4.40. The van der Waals surface area contributed by atoms with Crippen molar-refractivity contribution in [3.05, 3.63) is 0 Å². The lowest BCUT2D eigenvalue weighted by atomic mass is 10.0. The lowest BCUT2D eigenvalue weighted by Gasteiger charge is -2.29. The third-order valence-electron chi connectivity index (χ3n) is 2.31. The fraction of sp³-hybridized carbons (Fsp3) is 0.889. The molecule has 0 aromatic rings. The monoisotopic (exact) mass is 172 g/mol. The molecule has 3 heteroatoms. The maximum absolute atomic E-state index is 11.4. The largest absolute Gasteiger partial charge is 0.341 e. The Labute approximate surface area is 74.9 Å². The van der Waals surface area contributed by atoms with E-state index >= 15 is 0 Å². The molecule has 0 aliphatic rings. The molecule has 3 nitrogen and oxygen atoms in total. The van der Waals surface area contributed by atoms with Gasteiger partial charge >= 0.3 is 0 Å². The summed E-state index contributed by atoms with van der Waals surface area (Å²) in [5, 5.41) is 0. The van der Waals surface area contributed by atoms with Gasteiger partial charge in [-0.3, -0.25) is 4.79 Å². The number of nitrogens with zero attached hydrogens (tertiary/aromatic N) is 1. The van der Waals surface area contributed by atoms with E-state index in [9.17, 15) is 4.79 Å². The highest BCUT2D eigenvalue weighted by molar-refractivity contribution is 5.81. The van der Waals surface area contributed by atoms with Gasteiger partial charge in [0.15, 0.2) is 0 Å². The second-order valence-electron chi connectivity index (χ2n) is 3.72. The number of carbonyl (C=O) groups is 1. The fourth-order valence-corrected chi connectivity index (χ4v) is 0.969. The van der Waals surface area contributed by atoms with Crippen LogP contribution in [0, 0.1) is 5.92 Å². The third kappa shape index (κ3) is 2.81. The molecule has 2 atom stereocenters. The minimum Gasteiger partial charge on any atom is -0.341 e. The van der Waals surface area contributed by atoms with Crippen LogP contribution < -0.4 is 5.73 Å². The normalized spacial score (nSPS) is 15.9. The molecule has 72 valence electrons. The molecule has 0 spiro atoms. The van der Waals surface area contributed by atoms with E-state index in [0.29, 0.717) is 5.92 Å². The van der Waals surface area contributed by atoms with Crippen molar-refractivity contribution in [2.24, 2.45) is 11.7 Å². The summed E-state index contributed by atoms with van der Waals surface area (Å²) in [4.78, 5) is 13.1. The van der Waals surface area contributed by atoms with E-state index in [1.54, 1.807) is 18.9 Å². The van der Waals surface area contributed by atoms with Gasteiger partial charge in [0.25, 0.3) is 0 Å². The van der Waals surface area contributed by atoms with E-state index in [4.69, 9.17) is 5.73 Å². The van der Waals surface area contributed by atoms with E-state index in [-0.39, 0.29) is 11.9 Å². The summed E-state index contributed by atoms with van der Waals surface area (Å²) in [5.41, 5.74) is 5.48. The summed E-state index contributed by atoms with van der Waals surface area (Å²) >= 11 is 0. The maximum Gasteiger partial charge on any atom is 0.239 e. The molecule has 0 saturated carbocycles. The van der Waals surface area contributed by atoms with Gasteiger partial charge in [-0.1, -0.05) is 13.8 Å². The second kappa shape index (κ2) is 4.45. The van der Waals surface area contributed by atoms with Gasteiger partial charge in [0.1, 0.15) is 0 Å². The number of carbonyl (C=O) groups excluding carboxylic acids is 1. The van der Waals surface area contributed by atoms with Crippen LogP contribution in [-0.4, -0.2) is 29.9 Å². The van der Waals surface area contributed by atoms with E-state index < -0.39 is 6.04 Å². The quantitative estimate of drug-likeness (QED) is 0.685. The van der Waals surface area contributed by atoms with Gasteiger partial charge in [-0.2, -0.15) is 0 Å². The molecular formula is C9H20N2O. The number of rotatable bonds is 3.